The first kappa shape index (κ1) is 15.3. The number of pyridine rings is 1. The Morgan fingerprint density at radius 2 is 2.05 bits per heavy atom. The third kappa shape index (κ3) is 3.95. The van der Waals surface area contributed by atoms with E-state index in [9.17, 15) is 4.79 Å². The van der Waals surface area contributed by atoms with Gasteiger partial charge in [0.1, 0.15) is 5.75 Å². The fourth-order valence-corrected chi connectivity index (χ4v) is 2.26. The monoisotopic (exact) mass is 350 g/mol. The van der Waals surface area contributed by atoms with Crippen molar-refractivity contribution in [3.63, 3.8) is 0 Å². The molecule has 1 heterocycles. The third-order valence-corrected chi connectivity index (χ3v) is 3.57. The number of amides is 1. The number of nitrogens with zero attached hydrogens (tertiary/aromatic N) is 1. The summed E-state index contributed by atoms with van der Waals surface area (Å²) in [5.74, 6) is 0.721. The van der Waals surface area contributed by atoms with Crippen molar-refractivity contribution in [1.82, 2.24) is 4.98 Å². The highest BCUT2D eigenvalue weighted by atomic mass is 79.9. The molecular weight excluding hydrogens is 336 g/mol. The zero-order valence-electron chi connectivity index (χ0n) is 11.5. The van der Waals surface area contributed by atoms with Crippen LogP contribution in [0.15, 0.2) is 42.6 Å². The number of halogens is 1. The minimum absolute atomic E-state index is 0.621. The van der Waals surface area contributed by atoms with Gasteiger partial charge in [0, 0.05) is 11.5 Å². The summed E-state index contributed by atoms with van der Waals surface area (Å²) in [5.41, 5.74) is 7.60. The molecule has 0 aliphatic carbocycles. The van der Waals surface area contributed by atoms with E-state index in [2.05, 4.69) is 20.9 Å². The molecule has 0 spiro atoms. The molecule has 2 N–H and O–H groups in total. The van der Waals surface area contributed by atoms with Crippen LogP contribution in [-0.4, -0.2) is 18.2 Å². The Kier molecular flexibility index (Phi) is 5.16. The Hall–Kier alpha value is -2.08. The highest BCUT2D eigenvalue weighted by molar-refractivity contribution is 9.08. The fourth-order valence-electron chi connectivity index (χ4n) is 1.91. The van der Waals surface area contributed by atoms with Crippen LogP contribution < -0.4 is 10.5 Å². The highest BCUT2D eigenvalue weighted by Gasteiger charge is 2.19. The molecule has 6 heteroatoms. The van der Waals surface area contributed by atoms with Gasteiger partial charge in [-0.05, 0) is 35.4 Å². The van der Waals surface area contributed by atoms with E-state index in [0.29, 0.717) is 11.0 Å². The molecule has 110 valence electrons. The fraction of sp³-hybridized carbons (Fsp3) is 0.200. The Bertz CT molecular complexity index is 617. The topological polar surface area (TPSA) is 74.4 Å². The van der Waals surface area contributed by atoms with Crippen molar-refractivity contribution in [2.24, 2.45) is 5.73 Å². The van der Waals surface area contributed by atoms with Crippen LogP contribution in [0.25, 0.3) is 0 Å². The third-order valence-electron chi connectivity index (χ3n) is 2.92. The van der Waals surface area contributed by atoms with Crippen molar-refractivity contribution < 1.29 is 14.3 Å². The van der Waals surface area contributed by atoms with E-state index in [1.54, 1.807) is 25.4 Å². The number of primary amides is 1. The Morgan fingerprint density at radius 3 is 2.62 bits per heavy atom. The maximum absolute atomic E-state index is 11.2. The first-order valence-corrected chi connectivity index (χ1v) is 7.37. The number of carbonyl (C=O) groups excluding carboxylic acids is 1. The van der Waals surface area contributed by atoms with E-state index in [0.717, 1.165) is 16.9 Å². The summed E-state index contributed by atoms with van der Waals surface area (Å²) in [6.07, 6.45) is 0.182. The van der Waals surface area contributed by atoms with Gasteiger partial charge in [0.25, 0.3) is 0 Å². The van der Waals surface area contributed by atoms with Crippen LogP contribution in [-0.2, 0) is 10.1 Å². The molecule has 1 aromatic heterocycles. The molecule has 1 amide bonds. The van der Waals surface area contributed by atoms with Crippen molar-refractivity contribution in [3.05, 3.63) is 59.4 Å². The first-order chi connectivity index (χ1) is 10.1. The quantitative estimate of drug-likeness (QED) is 0.840. The number of benzene rings is 1. The largest absolute Gasteiger partial charge is 0.497 e. The molecule has 2 aromatic rings. The summed E-state index contributed by atoms with van der Waals surface area (Å²) in [6, 6.07) is 11.0. The average Bonchev–Trinajstić information content (AvgIpc) is 2.52. The van der Waals surface area contributed by atoms with Crippen molar-refractivity contribution in [1.29, 1.82) is 0 Å². The van der Waals surface area contributed by atoms with Gasteiger partial charge < -0.3 is 15.2 Å². The summed E-state index contributed by atoms with van der Waals surface area (Å²) < 4.78 is 10.3. The predicted octanol–water partition coefficient (Wildman–Crippen LogP) is 3.17. The molecule has 1 unspecified atom stereocenters. The van der Waals surface area contributed by atoms with E-state index in [4.69, 9.17) is 15.2 Å². The number of nitrogens with two attached hydrogens (primary N) is 1. The Balaban J connectivity index is 2.38. The van der Waals surface area contributed by atoms with Crippen LogP contribution in [0.4, 0.5) is 4.79 Å². The van der Waals surface area contributed by atoms with Gasteiger partial charge in [-0.15, -0.1) is 0 Å². The summed E-state index contributed by atoms with van der Waals surface area (Å²) in [4.78, 5) is 15.4. The van der Waals surface area contributed by atoms with Gasteiger partial charge in [-0.25, -0.2) is 4.79 Å². The molecule has 0 saturated carbocycles. The van der Waals surface area contributed by atoms with Gasteiger partial charge in [-0.3, -0.25) is 4.98 Å². The van der Waals surface area contributed by atoms with Crippen molar-refractivity contribution in [2.45, 2.75) is 11.4 Å². The highest BCUT2D eigenvalue weighted by Crippen LogP contribution is 2.27. The van der Waals surface area contributed by atoms with E-state index in [1.807, 2.05) is 24.3 Å². The second kappa shape index (κ2) is 7.08. The van der Waals surface area contributed by atoms with Crippen molar-refractivity contribution in [2.75, 3.05) is 7.11 Å². The summed E-state index contributed by atoms with van der Waals surface area (Å²) in [5, 5.41) is 0.689. The molecule has 0 fully saturated rings. The van der Waals surface area contributed by atoms with E-state index in [1.165, 1.54) is 0 Å². The first-order valence-electron chi connectivity index (χ1n) is 6.25. The van der Waals surface area contributed by atoms with Crippen molar-refractivity contribution >= 4 is 22.0 Å². The molecule has 1 atom stereocenters. The Morgan fingerprint density at radius 1 is 1.33 bits per heavy atom. The Labute approximate surface area is 131 Å². The molecule has 0 bridgehead atoms. The predicted molar refractivity (Wildman–Crippen MR) is 82.4 cm³/mol. The average molecular weight is 351 g/mol. The molecule has 0 aliphatic heterocycles. The lowest BCUT2D eigenvalue weighted by atomic mass is 10.0. The molecule has 5 nitrogen and oxygen atoms in total. The van der Waals surface area contributed by atoms with Crippen molar-refractivity contribution in [3.8, 4) is 5.75 Å². The zero-order chi connectivity index (χ0) is 15.2. The molecule has 1 aromatic carbocycles. The normalized spacial score (nSPS) is 11.7. The number of ether oxygens (including phenoxy) is 2. The number of hydrogen-bond acceptors (Lipinski definition) is 4. The summed E-state index contributed by atoms with van der Waals surface area (Å²) in [7, 11) is 1.59. The van der Waals surface area contributed by atoms with E-state index >= 15 is 0 Å². The molecule has 21 heavy (non-hydrogen) atoms. The maximum atomic E-state index is 11.2. The smallest absolute Gasteiger partial charge is 0.405 e. The minimum Gasteiger partial charge on any atom is -0.497 e. The number of aromatic nitrogens is 1. The number of hydrogen-bond donors (Lipinski definition) is 1. The second-order valence-electron chi connectivity index (χ2n) is 4.31. The second-order valence-corrected chi connectivity index (χ2v) is 4.87. The van der Waals surface area contributed by atoms with Crippen LogP contribution in [0.5, 0.6) is 5.75 Å². The van der Waals surface area contributed by atoms with Crippen LogP contribution in [0.3, 0.4) is 0 Å². The van der Waals surface area contributed by atoms with Gasteiger partial charge in [0.05, 0.1) is 12.8 Å². The SMILES string of the molecule is COc1ccc(C(OC(N)=O)c2cc(CBr)ccn2)cc1. The van der Waals surface area contributed by atoms with Crippen LogP contribution in [0, 0.1) is 0 Å². The lowest BCUT2D eigenvalue weighted by molar-refractivity contribution is 0.124. The maximum Gasteiger partial charge on any atom is 0.405 e. The van der Waals surface area contributed by atoms with Crippen LogP contribution >= 0.6 is 15.9 Å². The summed E-state index contributed by atoms with van der Waals surface area (Å²) in [6.45, 7) is 0. The number of rotatable bonds is 5. The molecule has 2 rings (SSSR count). The lowest BCUT2D eigenvalue weighted by Crippen LogP contribution is -2.19. The number of carbonyl (C=O) groups is 1. The molecule has 0 aliphatic rings. The van der Waals surface area contributed by atoms with E-state index in [-0.39, 0.29) is 0 Å². The number of alkyl halides is 1. The molecular formula is C15H15BrN2O3. The lowest BCUT2D eigenvalue weighted by Gasteiger charge is -2.17. The van der Waals surface area contributed by atoms with E-state index < -0.39 is 12.2 Å². The van der Waals surface area contributed by atoms with Gasteiger partial charge in [0.15, 0.2) is 6.10 Å². The molecule has 0 radical (unpaired) electrons. The van der Waals surface area contributed by atoms with Gasteiger partial charge in [-0.1, -0.05) is 28.1 Å². The zero-order valence-corrected chi connectivity index (χ0v) is 13.0. The molecule has 0 saturated heterocycles. The van der Waals surface area contributed by atoms with Gasteiger partial charge in [-0.2, -0.15) is 0 Å². The van der Waals surface area contributed by atoms with Crippen LogP contribution in [0.1, 0.15) is 22.9 Å². The van der Waals surface area contributed by atoms with Crippen LogP contribution in [0.2, 0.25) is 0 Å². The number of methoxy groups -OCH3 is 1. The summed E-state index contributed by atoms with van der Waals surface area (Å²) >= 11 is 3.39. The van der Waals surface area contributed by atoms with Gasteiger partial charge in [0.2, 0.25) is 0 Å². The minimum atomic E-state index is -0.845. The van der Waals surface area contributed by atoms with Gasteiger partial charge >= 0.3 is 6.09 Å². The standard InChI is InChI=1S/C15H15BrN2O3/c1-20-12-4-2-11(3-5-12)14(21-15(17)19)13-8-10(9-16)6-7-18-13/h2-8,14H,9H2,1H3,(H2,17,19).